The Morgan fingerprint density at radius 1 is 0.887 bits per heavy atom. The summed E-state index contributed by atoms with van der Waals surface area (Å²) in [5.41, 5.74) is 0.669. The summed E-state index contributed by atoms with van der Waals surface area (Å²) in [6.07, 6.45) is 1.62. The zero-order valence-electron chi connectivity index (χ0n) is 33.1. The molecule has 17 nitrogen and oxygen atoms in total. The zero-order chi connectivity index (χ0) is 44.7. The third-order valence-corrected chi connectivity index (χ3v) is 13.5. The molecule has 2 N–H and O–H groups in total. The topological polar surface area (TPSA) is 215 Å². The van der Waals surface area contributed by atoms with Gasteiger partial charge in [0.05, 0.1) is 68.1 Å². The lowest BCUT2D eigenvalue weighted by Crippen LogP contribution is -2.53. The van der Waals surface area contributed by atoms with Gasteiger partial charge in [-0.3, -0.25) is 44.8 Å². The second kappa shape index (κ2) is 15.6. The molecule has 4 aromatic carbocycles. The first-order valence-corrected chi connectivity index (χ1v) is 20.5. The highest BCUT2D eigenvalue weighted by Gasteiger charge is 2.70. The summed E-state index contributed by atoms with van der Waals surface area (Å²) in [5, 5.41) is 36.9. The van der Waals surface area contributed by atoms with E-state index >= 15 is 9.59 Å². The first-order chi connectivity index (χ1) is 29.4. The molecule has 4 aromatic rings. The number of benzene rings is 4. The van der Waals surface area contributed by atoms with Gasteiger partial charge < -0.3 is 19.5 Å². The molecule has 3 fully saturated rings. The number of nitrogens with zero attached hydrogens (tertiary/aromatic N) is 5. The average molecular weight is 951 g/mol. The Balaban J connectivity index is 1.34. The van der Waals surface area contributed by atoms with Crippen molar-refractivity contribution >= 4 is 91.2 Å². The number of hydrogen-bond acceptors (Lipinski definition) is 13. The van der Waals surface area contributed by atoms with Gasteiger partial charge in [0.1, 0.15) is 5.75 Å². The molecule has 2 aliphatic carbocycles. The molecule has 2 saturated heterocycles. The molecule has 4 aliphatic rings. The Morgan fingerprint density at radius 2 is 1.55 bits per heavy atom. The minimum Gasteiger partial charge on any atom is -0.503 e. The van der Waals surface area contributed by atoms with Crippen LogP contribution in [0, 0.1) is 43.9 Å². The second-order valence-electron chi connectivity index (χ2n) is 15.5. The number of fused-ring (bicyclic) bond motifs is 4. The van der Waals surface area contributed by atoms with Crippen molar-refractivity contribution in [2.24, 2.45) is 23.7 Å². The first-order valence-electron chi connectivity index (χ1n) is 19.0. The summed E-state index contributed by atoms with van der Waals surface area (Å²) in [7, 11) is 5.62. The highest BCUT2D eigenvalue weighted by Crippen LogP contribution is 2.65. The van der Waals surface area contributed by atoms with Crippen molar-refractivity contribution in [2.45, 2.75) is 24.2 Å². The van der Waals surface area contributed by atoms with Crippen LogP contribution in [0.1, 0.15) is 29.9 Å². The molecule has 0 aromatic heterocycles. The quantitative estimate of drug-likeness (QED) is 0.0681. The van der Waals surface area contributed by atoms with Crippen molar-refractivity contribution in [3.63, 3.8) is 0 Å². The summed E-state index contributed by atoms with van der Waals surface area (Å²) < 4.78 is 11.2. The van der Waals surface area contributed by atoms with Gasteiger partial charge in [0.2, 0.25) is 11.8 Å². The molecular weight excluding hydrogens is 915 g/mol. The van der Waals surface area contributed by atoms with E-state index < -0.39 is 79.9 Å². The summed E-state index contributed by atoms with van der Waals surface area (Å²) in [6, 6.07) is 16.2. The number of aromatic hydroxyl groups is 1. The number of nitro benzene ring substituents is 2. The minimum atomic E-state index is -1.75. The number of phenolic OH excluding ortho intramolecular Hbond substituents is 1. The molecule has 4 amide bonds. The molecule has 0 radical (unpaired) electrons. The van der Waals surface area contributed by atoms with Gasteiger partial charge >= 0.3 is 11.4 Å². The summed E-state index contributed by atoms with van der Waals surface area (Å²) in [6.45, 7) is 0. The van der Waals surface area contributed by atoms with E-state index in [1.807, 2.05) is 0 Å². The highest BCUT2D eigenvalue weighted by molar-refractivity contribution is 9.10. The number of amides is 4. The number of carbonyl (C=O) groups is 4. The number of allylic oxidation sites excluding steroid dienone is 2. The molecule has 6 unspecified atom stereocenters. The number of hydrogen-bond donors (Lipinski definition) is 2. The van der Waals surface area contributed by atoms with Gasteiger partial charge in [-0.2, -0.15) is 5.01 Å². The van der Waals surface area contributed by atoms with Crippen molar-refractivity contribution in [1.82, 2.24) is 5.01 Å². The van der Waals surface area contributed by atoms with E-state index in [-0.39, 0.29) is 50.9 Å². The number of halogens is 3. The molecule has 20 heteroatoms. The van der Waals surface area contributed by atoms with E-state index in [1.165, 1.54) is 51.4 Å². The molecule has 2 aliphatic heterocycles. The number of carbonyl (C=O) groups excluding carboxylic acids is 4. The number of rotatable bonds is 10. The van der Waals surface area contributed by atoms with Crippen LogP contribution >= 0.6 is 39.1 Å². The van der Waals surface area contributed by atoms with E-state index in [2.05, 4.69) is 21.4 Å². The third-order valence-electron chi connectivity index (χ3n) is 12.3. The van der Waals surface area contributed by atoms with Gasteiger partial charge in [0.25, 0.3) is 11.8 Å². The van der Waals surface area contributed by atoms with Crippen molar-refractivity contribution in [1.29, 1.82) is 0 Å². The predicted octanol–water partition coefficient (Wildman–Crippen LogP) is 7.55. The Hall–Kier alpha value is -6.24. The third kappa shape index (κ3) is 6.33. The largest absolute Gasteiger partial charge is 0.503 e. The molecule has 320 valence electrons. The van der Waals surface area contributed by atoms with Crippen LogP contribution in [0.15, 0.2) is 82.9 Å². The normalized spacial score (nSPS) is 24.0. The van der Waals surface area contributed by atoms with Crippen LogP contribution in [0.3, 0.4) is 0 Å². The fourth-order valence-corrected chi connectivity index (χ4v) is 10.8. The molecule has 8 rings (SSSR count). The van der Waals surface area contributed by atoms with Crippen molar-refractivity contribution in [2.75, 3.05) is 43.5 Å². The smallest absolute Gasteiger partial charge is 0.301 e. The summed E-state index contributed by atoms with van der Waals surface area (Å²) in [4.78, 5) is 84.9. The Kier molecular flexibility index (Phi) is 10.7. The van der Waals surface area contributed by atoms with E-state index in [9.17, 15) is 34.9 Å². The van der Waals surface area contributed by atoms with Crippen molar-refractivity contribution in [3.05, 3.63) is 124 Å². The maximum atomic E-state index is 15.6. The molecule has 1 saturated carbocycles. The van der Waals surface area contributed by atoms with Crippen LogP contribution in [0.2, 0.25) is 10.0 Å². The maximum absolute atomic E-state index is 15.6. The van der Waals surface area contributed by atoms with Gasteiger partial charge in [-0.15, -0.1) is 0 Å². The second-order valence-corrected chi connectivity index (χ2v) is 17.2. The standard InChI is InChI=1S/C42H35BrCl2N6O11/c1-47(2)36-31(50(57)58)16-22(17-32(36)51(59)60)48-38(53)25-11-10-24-26(34(25)40(48)55)18-27-39(54)49(46-30-12-7-21(44)15-29(30)45)41(56)42(27,20-5-8-23(61-3)9-6-20)35(24)19-13-28(43)37(52)33(14-19)62-4/h5-10,12-17,25-27,34-35,46,52H,11,18H2,1-4H3. The van der Waals surface area contributed by atoms with Crippen LogP contribution in [0.5, 0.6) is 17.2 Å². The number of imide groups is 2. The Morgan fingerprint density at radius 3 is 2.13 bits per heavy atom. The number of nitro groups is 2. The minimum absolute atomic E-state index is 0.0295. The molecule has 2 heterocycles. The SMILES string of the molecule is COc1ccc(C23C(=O)N(Nc4ccc(Cl)cc4Cl)C(=O)C2CC2C(=CCC4C(=O)N(c5cc([N+](=O)[O-])c(N(C)C)c([N+](=O)[O-])c5)C(=O)C42)C3c2cc(Br)c(O)c(OC)c2)cc1. The number of phenols is 1. The number of methoxy groups -OCH3 is 2. The van der Waals surface area contributed by atoms with Gasteiger partial charge in [-0.05, 0) is 88.3 Å². The van der Waals surface area contributed by atoms with E-state index in [4.69, 9.17) is 32.7 Å². The Labute approximate surface area is 371 Å². The van der Waals surface area contributed by atoms with Gasteiger partial charge in [-0.1, -0.05) is 47.0 Å². The van der Waals surface area contributed by atoms with Crippen LogP contribution < -0.4 is 24.7 Å². The van der Waals surface area contributed by atoms with Crippen LogP contribution in [-0.2, 0) is 24.6 Å². The molecule has 0 bridgehead atoms. The number of ether oxygens (including phenoxy) is 2. The number of hydrazine groups is 1. The number of anilines is 3. The van der Waals surface area contributed by atoms with Crippen LogP contribution in [-0.4, -0.2) is 71.9 Å². The zero-order valence-corrected chi connectivity index (χ0v) is 36.2. The maximum Gasteiger partial charge on any atom is 0.301 e. The molecule has 0 spiro atoms. The van der Waals surface area contributed by atoms with Gasteiger partial charge in [0, 0.05) is 37.2 Å². The molecule has 62 heavy (non-hydrogen) atoms. The monoisotopic (exact) mass is 948 g/mol. The average Bonchev–Trinajstić information content (AvgIpc) is 3.62. The first kappa shape index (κ1) is 42.5. The van der Waals surface area contributed by atoms with E-state index in [1.54, 1.807) is 42.5 Å². The highest BCUT2D eigenvalue weighted by atomic mass is 79.9. The Bertz CT molecular complexity index is 2640. The van der Waals surface area contributed by atoms with Gasteiger partial charge in [0.15, 0.2) is 17.2 Å². The van der Waals surface area contributed by atoms with E-state index in [0.29, 0.717) is 27.5 Å². The predicted molar refractivity (Wildman–Crippen MR) is 230 cm³/mol. The van der Waals surface area contributed by atoms with Crippen LogP contribution in [0.4, 0.5) is 28.4 Å². The lowest BCUT2D eigenvalue weighted by Gasteiger charge is -2.50. The van der Waals surface area contributed by atoms with E-state index in [0.717, 1.165) is 22.0 Å². The number of nitrogens with one attached hydrogen (secondary N) is 1. The summed E-state index contributed by atoms with van der Waals surface area (Å²) >= 11 is 16.2. The van der Waals surface area contributed by atoms with Crippen molar-refractivity contribution in [3.8, 4) is 17.2 Å². The molecular formula is C42H35BrCl2N6O11. The van der Waals surface area contributed by atoms with Gasteiger partial charge in [-0.25, -0.2) is 4.90 Å². The van der Waals surface area contributed by atoms with Crippen LogP contribution in [0.25, 0.3) is 0 Å². The van der Waals surface area contributed by atoms with Crippen molar-refractivity contribution < 1.29 is 43.6 Å². The summed E-state index contributed by atoms with van der Waals surface area (Å²) in [5.74, 6) is -7.96. The lowest BCUT2D eigenvalue weighted by molar-refractivity contribution is -0.392. The fourth-order valence-electron chi connectivity index (χ4n) is 9.84. The fraction of sp³-hybridized carbons (Fsp3) is 0.286. The lowest BCUT2D eigenvalue weighted by atomic mass is 9.49. The molecule has 6 atom stereocenters.